The first-order chi connectivity index (χ1) is 5.16. The van der Waals surface area contributed by atoms with E-state index >= 15 is 0 Å². The van der Waals surface area contributed by atoms with Gasteiger partial charge in [0, 0.05) is 6.21 Å². The molecule has 1 N–H and O–H groups in total. The Labute approximate surface area is 68.6 Å². The molecule has 0 bridgehead atoms. The van der Waals surface area contributed by atoms with E-state index < -0.39 is 0 Å². The van der Waals surface area contributed by atoms with Gasteiger partial charge in [-0.25, -0.2) is 0 Å². The van der Waals surface area contributed by atoms with E-state index in [9.17, 15) is 0 Å². The highest BCUT2D eigenvalue weighted by Gasteiger charge is 1.95. The maximum Gasteiger partial charge on any atom is 0.0464 e. The van der Waals surface area contributed by atoms with Crippen molar-refractivity contribution < 1.29 is 5.21 Å². The molecule has 0 heterocycles. The maximum absolute atomic E-state index is 8.20. The lowest BCUT2D eigenvalue weighted by molar-refractivity contribution is 0.318. The first-order valence-electron chi connectivity index (χ1n) is 3.97. The molecule has 2 heteroatoms. The molecule has 0 amide bonds. The van der Waals surface area contributed by atoms with Crippen molar-refractivity contribution in [2.24, 2.45) is 11.1 Å². The van der Waals surface area contributed by atoms with E-state index in [2.05, 4.69) is 25.1 Å². The van der Waals surface area contributed by atoms with Crippen molar-refractivity contribution in [1.82, 2.24) is 0 Å². The Balaban J connectivity index is 3.46. The van der Waals surface area contributed by atoms with Crippen LogP contribution in [0.4, 0.5) is 0 Å². The molecule has 0 rings (SSSR count). The molecule has 0 aliphatic carbocycles. The van der Waals surface area contributed by atoms with Crippen LogP contribution in [0, 0.1) is 5.92 Å². The third-order valence-corrected chi connectivity index (χ3v) is 1.50. The summed E-state index contributed by atoms with van der Waals surface area (Å²) < 4.78 is 0. The predicted molar refractivity (Wildman–Crippen MR) is 48.1 cm³/mol. The minimum Gasteiger partial charge on any atom is -0.411 e. The first kappa shape index (κ1) is 10.2. The van der Waals surface area contributed by atoms with Gasteiger partial charge in [-0.3, -0.25) is 0 Å². The van der Waals surface area contributed by atoms with Crippen molar-refractivity contribution in [2.45, 2.75) is 33.6 Å². The molecule has 0 aliphatic heterocycles. The number of hydrogen-bond acceptors (Lipinski definition) is 2. The van der Waals surface area contributed by atoms with E-state index in [0.717, 1.165) is 12.8 Å². The summed E-state index contributed by atoms with van der Waals surface area (Å²) in [5.74, 6) is 0.371. The van der Waals surface area contributed by atoms with Gasteiger partial charge >= 0.3 is 0 Å². The minimum atomic E-state index is 0.371. The molecule has 1 unspecified atom stereocenters. The summed E-state index contributed by atoms with van der Waals surface area (Å²) in [6.07, 6.45) is 5.88. The summed E-state index contributed by atoms with van der Waals surface area (Å²) >= 11 is 0. The standard InChI is InChI=1S/C9H17NO/c1-8(2)5-4-6-9(3)7-10-11/h5,7,9,11H,4,6H2,1-3H3/b10-7-. The fourth-order valence-electron chi connectivity index (χ4n) is 0.823. The van der Waals surface area contributed by atoms with Gasteiger partial charge in [0.2, 0.25) is 0 Å². The topological polar surface area (TPSA) is 32.6 Å². The zero-order valence-electron chi connectivity index (χ0n) is 7.54. The van der Waals surface area contributed by atoms with E-state index in [4.69, 9.17) is 5.21 Å². The quantitative estimate of drug-likeness (QED) is 0.288. The lowest BCUT2D eigenvalue weighted by atomic mass is 10.1. The van der Waals surface area contributed by atoms with Gasteiger partial charge in [-0.2, -0.15) is 0 Å². The number of hydrogen-bond donors (Lipinski definition) is 1. The van der Waals surface area contributed by atoms with Gasteiger partial charge in [0.1, 0.15) is 0 Å². The maximum atomic E-state index is 8.20. The summed E-state index contributed by atoms with van der Waals surface area (Å²) in [7, 11) is 0. The second-order valence-electron chi connectivity index (χ2n) is 3.10. The molecule has 0 aromatic rings. The van der Waals surface area contributed by atoms with Gasteiger partial charge < -0.3 is 5.21 Å². The third kappa shape index (κ3) is 7.10. The van der Waals surface area contributed by atoms with Gasteiger partial charge in [0.25, 0.3) is 0 Å². The summed E-state index contributed by atoms with van der Waals surface area (Å²) in [6, 6.07) is 0. The van der Waals surface area contributed by atoms with Crippen molar-refractivity contribution in [3.63, 3.8) is 0 Å². The molecule has 64 valence electrons. The Bertz CT molecular complexity index is 146. The SMILES string of the molecule is CC(C)=CCCC(C)/C=N\O. The van der Waals surface area contributed by atoms with Gasteiger partial charge in [-0.1, -0.05) is 18.6 Å². The zero-order valence-corrected chi connectivity index (χ0v) is 7.54. The molecule has 2 nitrogen and oxygen atoms in total. The average molecular weight is 155 g/mol. The van der Waals surface area contributed by atoms with Crippen LogP contribution < -0.4 is 0 Å². The Hall–Kier alpha value is -0.790. The molecular formula is C9H17NO. The Morgan fingerprint density at radius 1 is 1.55 bits per heavy atom. The second-order valence-corrected chi connectivity index (χ2v) is 3.10. The number of rotatable bonds is 4. The van der Waals surface area contributed by atoms with Crippen molar-refractivity contribution in [2.75, 3.05) is 0 Å². The Morgan fingerprint density at radius 3 is 2.64 bits per heavy atom. The molecule has 0 radical (unpaired) electrons. The van der Waals surface area contributed by atoms with Crippen LogP contribution in [0.25, 0.3) is 0 Å². The number of oxime groups is 1. The monoisotopic (exact) mass is 155 g/mol. The van der Waals surface area contributed by atoms with Crippen LogP contribution in [-0.4, -0.2) is 11.4 Å². The summed E-state index contributed by atoms with van der Waals surface area (Å²) in [5, 5.41) is 11.2. The molecular weight excluding hydrogens is 138 g/mol. The van der Waals surface area contributed by atoms with Crippen LogP contribution in [0.2, 0.25) is 0 Å². The molecule has 0 aliphatic rings. The molecule has 0 fully saturated rings. The molecule has 0 saturated heterocycles. The van der Waals surface area contributed by atoms with Crippen LogP contribution in [0.3, 0.4) is 0 Å². The normalized spacial score (nSPS) is 13.4. The fourth-order valence-corrected chi connectivity index (χ4v) is 0.823. The first-order valence-corrected chi connectivity index (χ1v) is 3.97. The highest BCUT2D eigenvalue weighted by molar-refractivity contribution is 5.59. The predicted octanol–water partition coefficient (Wildman–Crippen LogP) is 2.83. The summed E-state index contributed by atoms with van der Waals surface area (Å²) in [6.45, 7) is 6.22. The Kier molecular flexibility index (Phi) is 5.53. The third-order valence-electron chi connectivity index (χ3n) is 1.50. The van der Waals surface area contributed by atoms with E-state index in [1.165, 1.54) is 5.57 Å². The molecule has 1 atom stereocenters. The number of allylic oxidation sites excluding steroid dienone is 2. The second kappa shape index (κ2) is 5.96. The Morgan fingerprint density at radius 2 is 2.18 bits per heavy atom. The van der Waals surface area contributed by atoms with Crippen LogP contribution in [0.15, 0.2) is 16.8 Å². The highest BCUT2D eigenvalue weighted by atomic mass is 16.4. The van der Waals surface area contributed by atoms with Crippen LogP contribution in [0.5, 0.6) is 0 Å². The van der Waals surface area contributed by atoms with E-state index in [-0.39, 0.29) is 0 Å². The fraction of sp³-hybridized carbons (Fsp3) is 0.667. The van der Waals surface area contributed by atoms with Gasteiger partial charge in [-0.05, 0) is 32.6 Å². The van der Waals surface area contributed by atoms with E-state index in [0.29, 0.717) is 5.92 Å². The van der Waals surface area contributed by atoms with Gasteiger partial charge in [0.15, 0.2) is 0 Å². The van der Waals surface area contributed by atoms with Gasteiger partial charge in [0.05, 0.1) is 0 Å². The molecule has 0 aromatic carbocycles. The molecule has 11 heavy (non-hydrogen) atoms. The van der Waals surface area contributed by atoms with Gasteiger partial charge in [-0.15, -0.1) is 5.16 Å². The zero-order chi connectivity index (χ0) is 8.69. The lowest BCUT2D eigenvalue weighted by Crippen LogP contribution is -1.94. The molecule has 0 saturated carbocycles. The minimum absolute atomic E-state index is 0.371. The van der Waals surface area contributed by atoms with E-state index in [1.807, 2.05) is 6.92 Å². The number of nitrogens with zero attached hydrogens (tertiary/aromatic N) is 1. The summed E-state index contributed by atoms with van der Waals surface area (Å²) in [5.41, 5.74) is 1.35. The lowest BCUT2D eigenvalue weighted by Gasteiger charge is -2.00. The smallest absolute Gasteiger partial charge is 0.0464 e. The van der Waals surface area contributed by atoms with Crippen LogP contribution in [-0.2, 0) is 0 Å². The molecule has 0 aromatic heterocycles. The van der Waals surface area contributed by atoms with Crippen molar-refractivity contribution >= 4 is 6.21 Å². The average Bonchev–Trinajstić information content (AvgIpc) is 1.87. The van der Waals surface area contributed by atoms with E-state index in [1.54, 1.807) is 6.21 Å². The largest absolute Gasteiger partial charge is 0.411 e. The van der Waals surface area contributed by atoms with Crippen molar-refractivity contribution in [1.29, 1.82) is 0 Å². The highest BCUT2D eigenvalue weighted by Crippen LogP contribution is 2.04. The summed E-state index contributed by atoms with van der Waals surface area (Å²) in [4.78, 5) is 0. The van der Waals surface area contributed by atoms with Crippen molar-refractivity contribution in [3.05, 3.63) is 11.6 Å². The van der Waals surface area contributed by atoms with Crippen molar-refractivity contribution in [3.8, 4) is 0 Å². The van der Waals surface area contributed by atoms with Crippen LogP contribution in [0.1, 0.15) is 33.6 Å². The van der Waals surface area contributed by atoms with Crippen LogP contribution >= 0.6 is 0 Å². The molecule has 0 spiro atoms.